The van der Waals surface area contributed by atoms with Crippen molar-refractivity contribution < 1.29 is 9.59 Å². The molecule has 0 heterocycles. The second-order valence-electron chi connectivity index (χ2n) is 7.22. The number of nitrogens with two attached hydrogens (primary N) is 6. The van der Waals surface area contributed by atoms with E-state index in [1.54, 1.807) is 0 Å². The molecule has 10 heteroatoms. The summed E-state index contributed by atoms with van der Waals surface area (Å²) in [5.74, 6) is 0.327. The molecule has 0 aliphatic rings. The fraction of sp³-hybridized carbons (Fsp3) is 0.778. The average Bonchev–Trinajstić information content (AvgIpc) is 2.60. The van der Waals surface area contributed by atoms with Crippen LogP contribution in [0.1, 0.15) is 53.4 Å². The highest BCUT2D eigenvalue weighted by molar-refractivity contribution is 5.85. The van der Waals surface area contributed by atoms with Crippen LogP contribution in [-0.4, -0.2) is 48.7 Å². The Hall–Kier alpha value is -2.20. The van der Waals surface area contributed by atoms with Gasteiger partial charge in [-0.15, -0.1) is 0 Å². The summed E-state index contributed by atoms with van der Waals surface area (Å²) >= 11 is 0. The number of ketones is 2. The number of guanidine groups is 2. The minimum absolute atomic E-state index is 0.00641. The fourth-order valence-electron chi connectivity index (χ4n) is 2.18. The summed E-state index contributed by atoms with van der Waals surface area (Å²) in [7, 11) is 0. The summed E-state index contributed by atoms with van der Waals surface area (Å²) in [5, 5.41) is 0. The molecule has 0 aromatic rings. The highest BCUT2D eigenvalue weighted by atomic mass is 16.1. The van der Waals surface area contributed by atoms with Crippen LogP contribution in [-0.2, 0) is 9.59 Å². The van der Waals surface area contributed by atoms with Crippen molar-refractivity contribution in [1.29, 1.82) is 0 Å². The van der Waals surface area contributed by atoms with Gasteiger partial charge in [-0.25, -0.2) is 0 Å². The zero-order chi connectivity index (χ0) is 22.3. The molecule has 10 nitrogen and oxygen atoms in total. The van der Waals surface area contributed by atoms with Crippen LogP contribution in [0.25, 0.3) is 0 Å². The third-order valence-corrected chi connectivity index (χ3v) is 3.80. The summed E-state index contributed by atoms with van der Waals surface area (Å²) in [6.07, 6.45) is 2.73. The van der Waals surface area contributed by atoms with Crippen LogP contribution < -0.4 is 34.4 Å². The Morgan fingerprint density at radius 3 is 1.18 bits per heavy atom. The van der Waals surface area contributed by atoms with Gasteiger partial charge in [0.2, 0.25) is 0 Å². The van der Waals surface area contributed by atoms with Gasteiger partial charge >= 0.3 is 0 Å². The lowest BCUT2D eigenvalue weighted by molar-refractivity contribution is -0.124. The summed E-state index contributed by atoms with van der Waals surface area (Å²) in [4.78, 5) is 30.3. The third kappa shape index (κ3) is 16.0. The van der Waals surface area contributed by atoms with E-state index in [-0.39, 0.29) is 47.4 Å². The van der Waals surface area contributed by atoms with Gasteiger partial charge < -0.3 is 34.4 Å². The lowest BCUT2D eigenvalue weighted by Crippen LogP contribution is -2.33. The Bertz CT molecular complexity index is 464. The summed E-state index contributed by atoms with van der Waals surface area (Å²) < 4.78 is 0. The van der Waals surface area contributed by atoms with Gasteiger partial charge in [-0.2, -0.15) is 0 Å². The molecule has 0 fully saturated rings. The van der Waals surface area contributed by atoms with Crippen molar-refractivity contribution in [3.8, 4) is 0 Å². The summed E-state index contributed by atoms with van der Waals surface area (Å²) in [6, 6.07) is -0.770. The first kappa shape index (κ1) is 28.0. The largest absolute Gasteiger partial charge is 0.370 e. The van der Waals surface area contributed by atoms with E-state index in [4.69, 9.17) is 34.4 Å². The SMILES string of the molecule is CC(C)C(=O)[C@@H](N)CCCN=C(N)N.CC(C)C(=O)[C@H](N)CCCN=C(N)N. The molecular weight excluding hydrogens is 360 g/mol. The highest BCUT2D eigenvalue weighted by Gasteiger charge is 2.16. The zero-order valence-electron chi connectivity index (χ0n) is 17.7. The Balaban J connectivity index is 0. The lowest BCUT2D eigenvalue weighted by atomic mass is 9.99. The molecule has 0 rings (SSSR count). The standard InChI is InChI=1S/2C9H20N4O/c2*1-6(2)8(14)7(10)4-3-5-13-9(11)12/h2*6-7H,3-5,10H2,1-2H3,(H4,11,12,13)/t2*7-/m10/s1. The van der Waals surface area contributed by atoms with E-state index in [0.29, 0.717) is 25.9 Å². The molecule has 28 heavy (non-hydrogen) atoms. The van der Waals surface area contributed by atoms with Crippen molar-refractivity contribution in [2.45, 2.75) is 65.5 Å². The molecule has 0 aromatic carbocycles. The summed E-state index contributed by atoms with van der Waals surface area (Å²) in [5.41, 5.74) is 31.9. The predicted octanol–water partition coefficient (Wildman–Crippen LogP) is -0.815. The van der Waals surface area contributed by atoms with Crippen LogP contribution in [0.5, 0.6) is 0 Å². The van der Waals surface area contributed by atoms with Crippen molar-refractivity contribution in [3.63, 3.8) is 0 Å². The average molecular weight is 401 g/mol. The first-order chi connectivity index (χ1) is 12.9. The Morgan fingerprint density at radius 2 is 0.964 bits per heavy atom. The molecule has 0 aliphatic heterocycles. The zero-order valence-corrected chi connectivity index (χ0v) is 17.7. The van der Waals surface area contributed by atoms with Crippen LogP contribution in [0.2, 0.25) is 0 Å². The van der Waals surface area contributed by atoms with Crippen LogP contribution in [0.3, 0.4) is 0 Å². The minimum atomic E-state index is -0.385. The molecular formula is C18H40N8O2. The summed E-state index contributed by atoms with van der Waals surface area (Å²) in [6.45, 7) is 8.44. The second-order valence-corrected chi connectivity index (χ2v) is 7.22. The van der Waals surface area contributed by atoms with Crippen molar-refractivity contribution in [3.05, 3.63) is 0 Å². The molecule has 0 aliphatic carbocycles. The quantitative estimate of drug-likeness (QED) is 0.138. The van der Waals surface area contributed by atoms with E-state index in [2.05, 4.69) is 9.98 Å². The molecule has 0 saturated heterocycles. The lowest BCUT2D eigenvalue weighted by Gasteiger charge is -2.11. The van der Waals surface area contributed by atoms with E-state index in [1.807, 2.05) is 27.7 Å². The Kier molecular flexibility index (Phi) is 15.8. The smallest absolute Gasteiger partial charge is 0.185 e. The normalized spacial score (nSPS) is 12.6. The number of rotatable bonds is 12. The number of carbonyl (C=O) groups excluding carboxylic acids is 2. The molecule has 0 amide bonds. The number of Topliss-reactive ketones (excluding diaryl/α,β-unsaturated/α-hetero) is 2. The molecule has 0 bridgehead atoms. The van der Waals surface area contributed by atoms with Gasteiger partial charge in [0.25, 0.3) is 0 Å². The maximum Gasteiger partial charge on any atom is 0.185 e. The molecule has 0 spiro atoms. The van der Waals surface area contributed by atoms with Crippen molar-refractivity contribution >= 4 is 23.5 Å². The van der Waals surface area contributed by atoms with Gasteiger partial charge in [-0.3, -0.25) is 19.6 Å². The monoisotopic (exact) mass is 400 g/mol. The maximum absolute atomic E-state index is 11.4. The molecule has 164 valence electrons. The van der Waals surface area contributed by atoms with E-state index in [0.717, 1.165) is 12.8 Å². The maximum atomic E-state index is 11.4. The van der Waals surface area contributed by atoms with Gasteiger partial charge in [0.1, 0.15) is 0 Å². The molecule has 0 aromatic heterocycles. The van der Waals surface area contributed by atoms with Crippen molar-refractivity contribution in [2.24, 2.45) is 56.2 Å². The molecule has 0 radical (unpaired) electrons. The molecule has 0 unspecified atom stereocenters. The van der Waals surface area contributed by atoms with E-state index < -0.39 is 0 Å². The third-order valence-electron chi connectivity index (χ3n) is 3.80. The highest BCUT2D eigenvalue weighted by Crippen LogP contribution is 2.04. The Labute approximate surface area is 168 Å². The van der Waals surface area contributed by atoms with E-state index in [9.17, 15) is 9.59 Å². The molecule has 0 saturated carbocycles. The number of hydrogen-bond acceptors (Lipinski definition) is 6. The first-order valence-corrected chi connectivity index (χ1v) is 9.59. The van der Waals surface area contributed by atoms with Crippen molar-refractivity contribution in [2.75, 3.05) is 13.1 Å². The number of aliphatic imine (C=N–C) groups is 2. The van der Waals surface area contributed by atoms with Gasteiger partial charge in [0.05, 0.1) is 12.1 Å². The molecule has 12 N–H and O–H groups in total. The van der Waals surface area contributed by atoms with Gasteiger partial charge in [-0.1, -0.05) is 27.7 Å². The Morgan fingerprint density at radius 1 is 0.679 bits per heavy atom. The van der Waals surface area contributed by atoms with Crippen molar-refractivity contribution in [1.82, 2.24) is 0 Å². The number of hydrogen-bond donors (Lipinski definition) is 6. The number of carbonyl (C=O) groups is 2. The van der Waals surface area contributed by atoms with Crippen LogP contribution >= 0.6 is 0 Å². The molecule has 2 atom stereocenters. The van der Waals surface area contributed by atoms with Gasteiger partial charge in [-0.05, 0) is 25.7 Å². The fourth-order valence-corrected chi connectivity index (χ4v) is 2.18. The second kappa shape index (κ2) is 15.8. The van der Waals surface area contributed by atoms with Gasteiger partial charge in [0, 0.05) is 24.9 Å². The van der Waals surface area contributed by atoms with E-state index in [1.165, 1.54) is 0 Å². The van der Waals surface area contributed by atoms with Crippen LogP contribution in [0.4, 0.5) is 0 Å². The van der Waals surface area contributed by atoms with E-state index >= 15 is 0 Å². The van der Waals surface area contributed by atoms with Gasteiger partial charge in [0.15, 0.2) is 23.5 Å². The predicted molar refractivity (Wildman–Crippen MR) is 115 cm³/mol. The van der Waals surface area contributed by atoms with Crippen LogP contribution in [0, 0.1) is 11.8 Å². The minimum Gasteiger partial charge on any atom is -0.370 e. The number of nitrogens with zero attached hydrogens (tertiary/aromatic N) is 2. The topological polar surface area (TPSA) is 215 Å². The first-order valence-electron chi connectivity index (χ1n) is 9.59. The van der Waals surface area contributed by atoms with Crippen LogP contribution in [0.15, 0.2) is 9.98 Å².